The predicted molar refractivity (Wildman–Crippen MR) is 88.1 cm³/mol. The minimum Gasteiger partial charge on any atom is -0.503 e. The summed E-state index contributed by atoms with van der Waals surface area (Å²) in [7, 11) is 1.43. The Labute approximate surface area is 142 Å². The summed E-state index contributed by atoms with van der Waals surface area (Å²) in [6, 6.07) is 3.43. The van der Waals surface area contributed by atoms with Crippen molar-refractivity contribution < 1.29 is 24.2 Å². The molecule has 1 aliphatic carbocycles. The van der Waals surface area contributed by atoms with Gasteiger partial charge >= 0.3 is 5.97 Å². The zero-order chi connectivity index (χ0) is 17.0. The van der Waals surface area contributed by atoms with E-state index in [0.717, 1.165) is 12.8 Å². The van der Waals surface area contributed by atoms with E-state index in [2.05, 4.69) is 21.2 Å². The standard InChI is InChI=1S/C16H18BrNO5/c1-9(16(21)18-11-4-5-11)23-14(19)6-3-10-7-12(17)15(20)13(8-10)22-2/h3,6-9,11,20H,4-5H2,1-2H3,(H,18,21)/b6-3+/t9-/m0/s1. The van der Waals surface area contributed by atoms with Gasteiger partial charge in [0.1, 0.15) is 0 Å². The Hall–Kier alpha value is -2.02. The highest BCUT2D eigenvalue weighted by molar-refractivity contribution is 9.10. The van der Waals surface area contributed by atoms with Gasteiger partial charge in [0.05, 0.1) is 11.6 Å². The van der Waals surface area contributed by atoms with Crippen LogP contribution in [0.4, 0.5) is 0 Å². The normalized spacial score (nSPS) is 15.3. The van der Waals surface area contributed by atoms with E-state index in [-0.39, 0.29) is 23.4 Å². The second kappa shape index (κ2) is 7.50. The number of methoxy groups -OCH3 is 1. The van der Waals surface area contributed by atoms with Crippen molar-refractivity contribution >= 4 is 33.9 Å². The number of aromatic hydroxyl groups is 1. The molecule has 0 spiro atoms. The summed E-state index contributed by atoms with van der Waals surface area (Å²) in [4.78, 5) is 23.5. The topological polar surface area (TPSA) is 84.9 Å². The number of carbonyl (C=O) groups excluding carboxylic acids is 2. The smallest absolute Gasteiger partial charge is 0.331 e. The second-order valence-corrected chi connectivity index (χ2v) is 6.10. The van der Waals surface area contributed by atoms with Crippen molar-refractivity contribution in [3.8, 4) is 11.5 Å². The average Bonchev–Trinajstić information content (AvgIpc) is 3.32. The van der Waals surface area contributed by atoms with Crippen LogP contribution < -0.4 is 10.1 Å². The van der Waals surface area contributed by atoms with Crippen LogP contribution in [0.2, 0.25) is 0 Å². The Morgan fingerprint density at radius 1 is 1.43 bits per heavy atom. The molecule has 1 aromatic carbocycles. The number of carbonyl (C=O) groups is 2. The van der Waals surface area contributed by atoms with E-state index in [4.69, 9.17) is 9.47 Å². The van der Waals surface area contributed by atoms with Crippen LogP contribution in [0.3, 0.4) is 0 Å². The van der Waals surface area contributed by atoms with Gasteiger partial charge in [0.2, 0.25) is 0 Å². The highest BCUT2D eigenvalue weighted by Crippen LogP contribution is 2.35. The largest absolute Gasteiger partial charge is 0.503 e. The van der Waals surface area contributed by atoms with Gasteiger partial charge in [-0.25, -0.2) is 4.79 Å². The maximum absolute atomic E-state index is 11.8. The molecule has 7 heteroatoms. The van der Waals surface area contributed by atoms with Crippen molar-refractivity contribution in [3.63, 3.8) is 0 Å². The van der Waals surface area contributed by atoms with Crippen LogP contribution in [0.25, 0.3) is 6.08 Å². The fourth-order valence-electron chi connectivity index (χ4n) is 1.82. The fourth-order valence-corrected chi connectivity index (χ4v) is 2.28. The second-order valence-electron chi connectivity index (χ2n) is 5.25. The number of amides is 1. The number of rotatable bonds is 6. The van der Waals surface area contributed by atoms with Crippen LogP contribution in [0.5, 0.6) is 11.5 Å². The number of phenols is 1. The molecule has 0 aromatic heterocycles. The summed E-state index contributed by atoms with van der Waals surface area (Å²) < 4.78 is 10.5. The minimum absolute atomic E-state index is 0.0161. The molecule has 0 unspecified atom stereocenters. The third-order valence-electron chi connectivity index (χ3n) is 3.27. The number of esters is 1. The van der Waals surface area contributed by atoms with E-state index in [1.54, 1.807) is 12.1 Å². The number of hydrogen-bond donors (Lipinski definition) is 2. The van der Waals surface area contributed by atoms with E-state index < -0.39 is 12.1 Å². The highest BCUT2D eigenvalue weighted by atomic mass is 79.9. The predicted octanol–water partition coefficient (Wildman–Crippen LogP) is 2.39. The van der Waals surface area contributed by atoms with Crippen LogP contribution in [-0.4, -0.2) is 36.2 Å². The molecule has 1 aromatic rings. The van der Waals surface area contributed by atoms with Gasteiger partial charge in [-0.1, -0.05) is 0 Å². The van der Waals surface area contributed by atoms with Gasteiger partial charge in [0.15, 0.2) is 17.6 Å². The minimum atomic E-state index is -0.839. The molecule has 1 aliphatic rings. The van der Waals surface area contributed by atoms with Crippen molar-refractivity contribution in [1.82, 2.24) is 5.32 Å². The van der Waals surface area contributed by atoms with Crippen molar-refractivity contribution in [2.75, 3.05) is 7.11 Å². The van der Waals surface area contributed by atoms with E-state index >= 15 is 0 Å². The van der Waals surface area contributed by atoms with Crippen LogP contribution in [0, 0.1) is 0 Å². The molecule has 1 amide bonds. The maximum atomic E-state index is 11.8. The summed E-state index contributed by atoms with van der Waals surface area (Å²) >= 11 is 3.20. The zero-order valence-electron chi connectivity index (χ0n) is 12.8. The molecule has 2 rings (SSSR count). The molecule has 0 bridgehead atoms. The number of ether oxygens (including phenoxy) is 2. The lowest BCUT2D eigenvalue weighted by Crippen LogP contribution is -2.36. The molecule has 23 heavy (non-hydrogen) atoms. The summed E-state index contributed by atoms with van der Waals surface area (Å²) in [6.07, 6.45) is 3.85. The van der Waals surface area contributed by atoms with Crippen molar-refractivity contribution in [2.45, 2.75) is 31.9 Å². The number of phenolic OH excluding ortho intramolecular Hbond substituents is 1. The molecule has 124 valence electrons. The van der Waals surface area contributed by atoms with Crippen LogP contribution in [-0.2, 0) is 14.3 Å². The molecule has 0 saturated heterocycles. The lowest BCUT2D eigenvalue weighted by molar-refractivity contribution is -0.150. The maximum Gasteiger partial charge on any atom is 0.331 e. The molecule has 1 saturated carbocycles. The van der Waals surface area contributed by atoms with Crippen molar-refractivity contribution in [1.29, 1.82) is 0 Å². The molecule has 0 radical (unpaired) electrons. The first-order valence-corrected chi connectivity index (χ1v) is 7.95. The van der Waals surface area contributed by atoms with Crippen LogP contribution in [0.1, 0.15) is 25.3 Å². The van der Waals surface area contributed by atoms with Crippen LogP contribution >= 0.6 is 15.9 Å². The quantitative estimate of drug-likeness (QED) is 0.581. The van der Waals surface area contributed by atoms with Gasteiger partial charge in [-0.05, 0) is 59.5 Å². The first kappa shape index (κ1) is 17.3. The van der Waals surface area contributed by atoms with Gasteiger partial charge in [-0.15, -0.1) is 0 Å². The summed E-state index contributed by atoms with van der Waals surface area (Å²) in [5.41, 5.74) is 0.638. The van der Waals surface area contributed by atoms with Gasteiger partial charge in [-0.3, -0.25) is 4.79 Å². The Morgan fingerprint density at radius 3 is 2.74 bits per heavy atom. The van der Waals surface area contributed by atoms with Crippen molar-refractivity contribution in [3.05, 3.63) is 28.2 Å². The fraction of sp³-hybridized carbons (Fsp3) is 0.375. The van der Waals surface area contributed by atoms with Gasteiger partial charge in [0.25, 0.3) is 5.91 Å². The Bertz CT molecular complexity index is 640. The molecule has 1 fully saturated rings. The zero-order valence-corrected chi connectivity index (χ0v) is 14.4. The highest BCUT2D eigenvalue weighted by Gasteiger charge is 2.26. The lowest BCUT2D eigenvalue weighted by Gasteiger charge is -2.11. The number of benzene rings is 1. The third kappa shape index (κ3) is 4.99. The summed E-state index contributed by atoms with van der Waals surface area (Å²) in [6.45, 7) is 1.53. The number of halogens is 1. The molecule has 1 atom stereocenters. The lowest BCUT2D eigenvalue weighted by atomic mass is 10.2. The molecule has 2 N–H and O–H groups in total. The molecule has 0 heterocycles. The first-order chi connectivity index (χ1) is 10.9. The van der Waals surface area contributed by atoms with E-state index in [1.807, 2.05) is 0 Å². The molecular formula is C16H18BrNO5. The number of hydrogen-bond acceptors (Lipinski definition) is 5. The van der Waals surface area contributed by atoms with Crippen LogP contribution in [0.15, 0.2) is 22.7 Å². The number of nitrogens with one attached hydrogen (secondary N) is 1. The molecule has 6 nitrogen and oxygen atoms in total. The van der Waals surface area contributed by atoms with E-state index in [9.17, 15) is 14.7 Å². The SMILES string of the molecule is COc1cc(/C=C/C(=O)O[C@@H](C)C(=O)NC2CC2)cc(Br)c1O. The summed E-state index contributed by atoms with van der Waals surface area (Å²) in [5.74, 6) is -0.642. The van der Waals surface area contributed by atoms with Gasteiger partial charge < -0.3 is 19.9 Å². The van der Waals surface area contributed by atoms with Crippen molar-refractivity contribution in [2.24, 2.45) is 0 Å². The Kier molecular flexibility index (Phi) is 5.65. The van der Waals surface area contributed by atoms with E-state index in [1.165, 1.54) is 26.2 Å². The Balaban J connectivity index is 1.95. The third-order valence-corrected chi connectivity index (χ3v) is 3.87. The molecular weight excluding hydrogens is 366 g/mol. The van der Waals surface area contributed by atoms with Gasteiger partial charge in [-0.2, -0.15) is 0 Å². The average molecular weight is 384 g/mol. The first-order valence-electron chi connectivity index (χ1n) is 7.16. The summed E-state index contributed by atoms with van der Waals surface area (Å²) in [5, 5.41) is 12.5. The Morgan fingerprint density at radius 2 is 2.13 bits per heavy atom. The monoisotopic (exact) mass is 383 g/mol. The van der Waals surface area contributed by atoms with E-state index in [0.29, 0.717) is 10.0 Å². The van der Waals surface area contributed by atoms with Gasteiger partial charge in [0, 0.05) is 12.1 Å². The molecule has 0 aliphatic heterocycles.